The maximum Gasteiger partial charge on any atom is 0.347 e. The fourth-order valence-corrected chi connectivity index (χ4v) is 3.38. The number of rotatable bonds is 11. The highest BCUT2D eigenvalue weighted by atomic mass is 16.5. The molecule has 0 radical (unpaired) electrons. The summed E-state index contributed by atoms with van der Waals surface area (Å²) in [6, 6.07) is 13.9. The average Bonchev–Trinajstić information content (AvgIpc) is 3.19. The molecule has 3 aromatic rings. The van der Waals surface area contributed by atoms with E-state index in [0.29, 0.717) is 23.8 Å². The summed E-state index contributed by atoms with van der Waals surface area (Å²) in [6.45, 7) is 8.40. The summed E-state index contributed by atoms with van der Waals surface area (Å²) in [5.74, 6) is -0.141. The predicted molar refractivity (Wildman–Crippen MR) is 133 cm³/mol. The van der Waals surface area contributed by atoms with Crippen LogP contribution < -0.4 is 14.8 Å². The molecule has 0 bridgehead atoms. The third kappa shape index (κ3) is 6.63. The fraction of sp³-hybridized carbons (Fsp3) is 0.370. The molecule has 0 aliphatic rings. The number of aromatic nitrogens is 1. The van der Waals surface area contributed by atoms with E-state index in [1.54, 1.807) is 19.9 Å². The summed E-state index contributed by atoms with van der Waals surface area (Å²) in [4.78, 5) is 28.6. The third-order valence-electron chi connectivity index (χ3n) is 5.36. The lowest BCUT2D eigenvalue weighted by Gasteiger charge is -2.25. The molecule has 192 valence electrons. The molecule has 0 aliphatic heterocycles. The molecular weight excluding hydrogens is 464 g/mol. The second-order valence-corrected chi connectivity index (χ2v) is 9.17. The van der Waals surface area contributed by atoms with E-state index in [-0.39, 0.29) is 24.0 Å². The molecule has 9 nitrogen and oxygen atoms in total. The summed E-state index contributed by atoms with van der Waals surface area (Å²) < 4.78 is 17.3. The number of nitrogens with zero attached hydrogens (tertiary/aromatic N) is 1. The van der Waals surface area contributed by atoms with Gasteiger partial charge in [-0.2, -0.15) is 0 Å². The molecule has 1 atom stereocenters. The number of amides is 1. The Morgan fingerprint density at radius 2 is 1.83 bits per heavy atom. The van der Waals surface area contributed by atoms with Crippen LogP contribution in [0.3, 0.4) is 0 Å². The minimum atomic E-state index is -1.58. The first-order chi connectivity index (χ1) is 17.0. The highest BCUT2D eigenvalue weighted by Gasteiger charge is 2.32. The van der Waals surface area contributed by atoms with Crippen LogP contribution in [-0.4, -0.2) is 45.3 Å². The van der Waals surface area contributed by atoms with Gasteiger partial charge in [0.25, 0.3) is 5.91 Å². The molecule has 0 fully saturated rings. The predicted octanol–water partition coefficient (Wildman–Crippen LogP) is 4.07. The number of aryl methyl sites for hydroxylation is 1. The molecule has 2 aromatic carbocycles. The number of ether oxygens (including phenoxy) is 2. The molecule has 0 saturated carbocycles. The number of aliphatic hydroxyl groups excluding tert-OH is 1. The SMILES string of the molecule is Cc1oc(-c2ccccc2)nc1CCOc1ccc(OC(C)(C)C(=O)O)c(C(O)C(=O)NC(C)C)c1. The van der Waals surface area contributed by atoms with Gasteiger partial charge < -0.3 is 29.4 Å². The van der Waals surface area contributed by atoms with E-state index in [0.717, 1.165) is 11.3 Å². The van der Waals surface area contributed by atoms with Crippen molar-refractivity contribution in [2.45, 2.75) is 58.8 Å². The minimum absolute atomic E-state index is 0.0704. The lowest BCUT2D eigenvalue weighted by atomic mass is 10.0. The number of oxazole rings is 1. The van der Waals surface area contributed by atoms with Gasteiger partial charge in [0.1, 0.15) is 17.3 Å². The molecule has 1 heterocycles. The lowest BCUT2D eigenvalue weighted by molar-refractivity contribution is -0.152. The number of hydrogen-bond acceptors (Lipinski definition) is 7. The minimum Gasteiger partial charge on any atom is -0.493 e. The van der Waals surface area contributed by atoms with Crippen LogP contribution in [0.2, 0.25) is 0 Å². The molecule has 3 N–H and O–H groups in total. The molecule has 1 amide bonds. The van der Waals surface area contributed by atoms with Gasteiger partial charge in [0.15, 0.2) is 11.7 Å². The molecular formula is C27H32N2O7. The Labute approximate surface area is 210 Å². The maximum absolute atomic E-state index is 12.5. The highest BCUT2D eigenvalue weighted by molar-refractivity contribution is 5.83. The zero-order chi connectivity index (χ0) is 26.5. The number of hydrogen-bond donors (Lipinski definition) is 3. The van der Waals surface area contributed by atoms with Gasteiger partial charge in [-0.3, -0.25) is 4.79 Å². The van der Waals surface area contributed by atoms with Crippen molar-refractivity contribution in [1.82, 2.24) is 10.3 Å². The van der Waals surface area contributed by atoms with Crippen LogP contribution in [0.4, 0.5) is 0 Å². The number of aliphatic hydroxyl groups is 1. The zero-order valence-electron chi connectivity index (χ0n) is 21.1. The molecule has 36 heavy (non-hydrogen) atoms. The topological polar surface area (TPSA) is 131 Å². The first-order valence-electron chi connectivity index (χ1n) is 11.7. The van der Waals surface area contributed by atoms with E-state index >= 15 is 0 Å². The van der Waals surface area contributed by atoms with Gasteiger partial charge in [0.2, 0.25) is 5.89 Å². The van der Waals surface area contributed by atoms with E-state index in [1.165, 1.54) is 26.0 Å². The van der Waals surface area contributed by atoms with Gasteiger partial charge in [-0.25, -0.2) is 9.78 Å². The van der Waals surface area contributed by atoms with Crippen molar-refractivity contribution in [2.75, 3.05) is 6.61 Å². The quantitative estimate of drug-likeness (QED) is 0.362. The van der Waals surface area contributed by atoms with Crippen molar-refractivity contribution >= 4 is 11.9 Å². The second-order valence-electron chi connectivity index (χ2n) is 9.17. The number of carbonyl (C=O) groups is 2. The Morgan fingerprint density at radius 3 is 2.47 bits per heavy atom. The fourth-order valence-electron chi connectivity index (χ4n) is 3.38. The van der Waals surface area contributed by atoms with Crippen LogP contribution in [0, 0.1) is 6.92 Å². The van der Waals surface area contributed by atoms with Crippen molar-refractivity contribution < 1.29 is 33.7 Å². The average molecular weight is 497 g/mol. The highest BCUT2D eigenvalue weighted by Crippen LogP contribution is 2.33. The van der Waals surface area contributed by atoms with Gasteiger partial charge in [-0.05, 0) is 65.0 Å². The van der Waals surface area contributed by atoms with Crippen LogP contribution in [0.25, 0.3) is 11.5 Å². The Bertz CT molecular complexity index is 1200. The number of carbonyl (C=O) groups excluding carboxylic acids is 1. The smallest absolute Gasteiger partial charge is 0.347 e. The largest absolute Gasteiger partial charge is 0.493 e. The summed E-state index contributed by atoms with van der Waals surface area (Å²) in [5, 5.41) is 22.8. The van der Waals surface area contributed by atoms with Crippen LogP contribution >= 0.6 is 0 Å². The molecule has 3 rings (SSSR count). The van der Waals surface area contributed by atoms with Crippen molar-refractivity contribution in [3.63, 3.8) is 0 Å². The number of carboxylic acid groups (broad SMARTS) is 1. The Kier molecular flexibility index (Phi) is 8.37. The van der Waals surface area contributed by atoms with Gasteiger partial charge in [-0.1, -0.05) is 18.2 Å². The molecule has 0 spiro atoms. The summed E-state index contributed by atoms with van der Waals surface area (Å²) in [5.41, 5.74) is 0.162. The van der Waals surface area contributed by atoms with Crippen LogP contribution in [0.1, 0.15) is 50.8 Å². The lowest BCUT2D eigenvalue weighted by Crippen LogP contribution is -2.39. The Morgan fingerprint density at radius 1 is 1.14 bits per heavy atom. The number of carboxylic acids is 1. The standard InChI is InChI=1S/C27H32N2O7/c1-16(2)28-24(31)23(30)20-15-19(11-12-22(20)36-27(4,5)26(32)33)34-14-13-21-17(3)35-25(29-21)18-9-7-6-8-10-18/h6-12,15-16,23,30H,13-14H2,1-5H3,(H,28,31)(H,32,33). The Hall–Kier alpha value is -3.85. The first-order valence-corrected chi connectivity index (χ1v) is 11.7. The number of aliphatic carboxylic acids is 1. The van der Waals surface area contributed by atoms with Gasteiger partial charge in [0.05, 0.1) is 12.3 Å². The maximum atomic E-state index is 12.5. The monoisotopic (exact) mass is 496 g/mol. The molecule has 9 heteroatoms. The van der Waals surface area contributed by atoms with Crippen molar-refractivity contribution in [1.29, 1.82) is 0 Å². The number of nitrogens with one attached hydrogen (secondary N) is 1. The zero-order valence-corrected chi connectivity index (χ0v) is 21.1. The van der Waals surface area contributed by atoms with E-state index < -0.39 is 23.6 Å². The number of benzene rings is 2. The van der Waals surface area contributed by atoms with Gasteiger partial charge in [-0.15, -0.1) is 0 Å². The molecule has 0 saturated heterocycles. The normalized spacial score (nSPS) is 12.3. The summed E-state index contributed by atoms with van der Waals surface area (Å²) in [7, 11) is 0. The first kappa shape index (κ1) is 26.7. The van der Waals surface area contributed by atoms with E-state index in [2.05, 4.69) is 10.3 Å². The van der Waals surface area contributed by atoms with Crippen molar-refractivity contribution in [3.05, 3.63) is 65.5 Å². The van der Waals surface area contributed by atoms with E-state index in [9.17, 15) is 19.8 Å². The summed E-state index contributed by atoms with van der Waals surface area (Å²) >= 11 is 0. The van der Waals surface area contributed by atoms with Crippen molar-refractivity contribution in [3.8, 4) is 23.0 Å². The van der Waals surface area contributed by atoms with Crippen LogP contribution in [0.5, 0.6) is 11.5 Å². The van der Waals surface area contributed by atoms with Crippen molar-refractivity contribution in [2.24, 2.45) is 0 Å². The van der Waals surface area contributed by atoms with E-state index in [4.69, 9.17) is 13.9 Å². The van der Waals surface area contributed by atoms with Gasteiger partial charge >= 0.3 is 5.97 Å². The second kappa shape index (κ2) is 11.3. The van der Waals surface area contributed by atoms with Crippen LogP contribution in [0.15, 0.2) is 52.9 Å². The summed E-state index contributed by atoms with van der Waals surface area (Å²) in [6.07, 6.45) is -1.11. The molecule has 1 unspecified atom stereocenters. The van der Waals surface area contributed by atoms with E-state index in [1.807, 2.05) is 37.3 Å². The molecule has 1 aromatic heterocycles. The van der Waals surface area contributed by atoms with Crippen LogP contribution in [-0.2, 0) is 16.0 Å². The molecule has 0 aliphatic carbocycles. The third-order valence-corrected chi connectivity index (χ3v) is 5.36. The Balaban J connectivity index is 1.77. The van der Waals surface area contributed by atoms with Gasteiger partial charge in [0, 0.05) is 23.6 Å².